The van der Waals surface area contributed by atoms with Gasteiger partial charge in [0.05, 0.1) is 5.56 Å². The van der Waals surface area contributed by atoms with Gasteiger partial charge in [-0.05, 0) is 42.8 Å². The quantitative estimate of drug-likeness (QED) is 0.926. The van der Waals surface area contributed by atoms with Crippen molar-refractivity contribution in [2.75, 3.05) is 11.9 Å². The number of alkyl halides is 3. The molecule has 0 fully saturated rings. The lowest BCUT2D eigenvalue weighted by Gasteiger charge is -2.10. The predicted molar refractivity (Wildman–Crippen MR) is 76.7 cm³/mol. The van der Waals surface area contributed by atoms with E-state index in [1.165, 1.54) is 12.1 Å². The average Bonchev–Trinajstić information content (AvgIpc) is 2.47. The Morgan fingerprint density at radius 1 is 1.09 bits per heavy atom. The van der Waals surface area contributed by atoms with E-state index in [1.807, 2.05) is 19.1 Å². The SMILES string of the molecule is Cc1ccccc1NC(=O)COc1ccc(C(F)(F)F)cc1. The van der Waals surface area contributed by atoms with Crippen LogP contribution in [0.4, 0.5) is 18.9 Å². The van der Waals surface area contributed by atoms with E-state index in [1.54, 1.807) is 12.1 Å². The highest BCUT2D eigenvalue weighted by Gasteiger charge is 2.30. The van der Waals surface area contributed by atoms with Crippen LogP contribution in [0.15, 0.2) is 48.5 Å². The van der Waals surface area contributed by atoms with Crippen molar-refractivity contribution in [3.8, 4) is 5.75 Å². The van der Waals surface area contributed by atoms with E-state index in [2.05, 4.69) is 5.32 Å². The molecule has 6 heteroatoms. The van der Waals surface area contributed by atoms with E-state index in [-0.39, 0.29) is 18.3 Å². The number of hydrogen-bond acceptors (Lipinski definition) is 2. The van der Waals surface area contributed by atoms with Crippen molar-refractivity contribution in [1.29, 1.82) is 0 Å². The zero-order valence-corrected chi connectivity index (χ0v) is 11.8. The molecule has 0 aliphatic rings. The summed E-state index contributed by atoms with van der Waals surface area (Å²) in [6, 6.07) is 11.4. The molecule has 0 spiro atoms. The van der Waals surface area contributed by atoms with Crippen LogP contribution in [0.25, 0.3) is 0 Å². The van der Waals surface area contributed by atoms with Crippen molar-refractivity contribution in [1.82, 2.24) is 0 Å². The van der Waals surface area contributed by atoms with Gasteiger partial charge in [0.1, 0.15) is 5.75 Å². The monoisotopic (exact) mass is 309 g/mol. The Morgan fingerprint density at radius 2 is 1.73 bits per heavy atom. The van der Waals surface area contributed by atoms with Gasteiger partial charge in [-0.3, -0.25) is 4.79 Å². The molecule has 1 N–H and O–H groups in total. The smallest absolute Gasteiger partial charge is 0.416 e. The molecular weight excluding hydrogens is 295 g/mol. The second-order valence-corrected chi connectivity index (χ2v) is 4.67. The van der Waals surface area contributed by atoms with E-state index in [9.17, 15) is 18.0 Å². The highest BCUT2D eigenvalue weighted by atomic mass is 19.4. The Labute approximate surface area is 125 Å². The van der Waals surface area contributed by atoms with Gasteiger partial charge in [-0.15, -0.1) is 0 Å². The number of benzene rings is 2. The number of hydrogen-bond donors (Lipinski definition) is 1. The molecule has 0 bridgehead atoms. The van der Waals surface area contributed by atoms with Crippen molar-refractivity contribution in [2.45, 2.75) is 13.1 Å². The van der Waals surface area contributed by atoms with Crippen LogP contribution in [0.3, 0.4) is 0 Å². The number of anilines is 1. The molecule has 0 saturated heterocycles. The fraction of sp³-hybridized carbons (Fsp3) is 0.188. The van der Waals surface area contributed by atoms with E-state index in [4.69, 9.17) is 4.74 Å². The van der Waals surface area contributed by atoms with Gasteiger partial charge < -0.3 is 10.1 Å². The summed E-state index contributed by atoms with van der Waals surface area (Å²) >= 11 is 0. The number of para-hydroxylation sites is 1. The maximum atomic E-state index is 12.4. The van der Waals surface area contributed by atoms with Crippen LogP contribution in [-0.2, 0) is 11.0 Å². The Kier molecular flexibility index (Phi) is 4.70. The lowest BCUT2D eigenvalue weighted by atomic mass is 10.2. The molecule has 2 rings (SSSR count). The Balaban J connectivity index is 1.90. The van der Waals surface area contributed by atoms with Gasteiger partial charge in [0.15, 0.2) is 6.61 Å². The molecule has 0 aliphatic heterocycles. The standard InChI is InChI=1S/C16H14F3NO2/c1-11-4-2-3-5-14(11)20-15(21)10-22-13-8-6-12(7-9-13)16(17,18)19/h2-9H,10H2,1H3,(H,20,21). The summed E-state index contributed by atoms with van der Waals surface area (Å²) in [5.41, 5.74) is 0.818. The minimum absolute atomic E-state index is 0.202. The van der Waals surface area contributed by atoms with Crippen LogP contribution < -0.4 is 10.1 Å². The summed E-state index contributed by atoms with van der Waals surface area (Å²) in [6.45, 7) is 1.58. The van der Waals surface area contributed by atoms with Crippen molar-refractivity contribution in [2.24, 2.45) is 0 Å². The maximum absolute atomic E-state index is 12.4. The number of aryl methyl sites for hydroxylation is 1. The molecule has 0 atom stereocenters. The Morgan fingerprint density at radius 3 is 2.32 bits per heavy atom. The Bertz CT molecular complexity index is 651. The summed E-state index contributed by atoms with van der Waals surface area (Å²) in [4.78, 5) is 11.7. The number of ether oxygens (including phenoxy) is 1. The molecule has 2 aromatic rings. The van der Waals surface area contributed by atoms with Gasteiger partial charge in [0, 0.05) is 5.69 Å². The number of nitrogens with one attached hydrogen (secondary N) is 1. The van der Waals surface area contributed by atoms with Crippen molar-refractivity contribution in [3.05, 3.63) is 59.7 Å². The van der Waals surface area contributed by atoms with Crippen LogP contribution in [0, 0.1) is 6.92 Å². The molecule has 0 heterocycles. The molecule has 2 aromatic carbocycles. The van der Waals surface area contributed by atoms with Gasteiger partial charge in [-0.1, -0.05) is 18.2 Å². The summed E-state index contributed by atoms with van der Waals surface area (Å²) in [6.07, 6.45) is -4.39. The van der Waals surface area contributed by atoms with Gasteiger partial charge in [0.25, 0.3) is 5.91 Å². The number of carbonyl (C=O) groups excluding carboxylic acids is 1. The number of carbonyl (C=O) groups is 1. The van der Waals surface area contributed by atoms with E-state index < -0.39 is 11.7 Å². The maximum Gasteiger partial charge on any atom is 0.416 e. The molecule has 3 nitrogen and oxygen atoms in total. The van der Waals surface area contributed by atoms with Crippen LogP contribution in [0.2, 0.25) is 0 Å². The second-order valence-electron chi connectivity index (χ2n) is 4.67. The van der Waals surface area contributed by atoms with Crippen LogP contribution in [-0.4, -0.2) is 12.5 Å². The van der Waals surface area contributed by atoms with Crippen molar-refractivity contribution in [3.63, 3.8) is 0 Å². The third-order valence-electron chi connectivity index (χ3n) is 2.97. The predicted octanol–water partition coefficient (Wildman–Crippen LogP) is 4.03. The number of amides is 1. The molecule has 22 heavy (non-hydrogen) atoms. The topological polar surface area (TPSA) is 38.3 Å². The number of rotatable bonds is 4. The first-order chi connectivity index (χ1) is 10.4. The second kappa shape index (κ2) is 6.51. The molecule has 0 aromatic heterocycles. The summed E-state index contributed by atoms with van der Waals surface area (Å²) in [5, 5.41) is 2.67. The molecule has 0 radical (unpaired) electrons. The fourth-order valence-electron chi connectivity index (χ4n) is 1.79. The summed E-state index contributed by atoms with van der Waals surface area (Å²) < 4.78 is 42.4. The van der Waals surface area contributed by atoms with Crippen LogP contribution in [0.1, 0.15) is 11.1 Å². The third kappa shape index (κ3) is 4.25. The highest BCUT2D eigenvalue weighted by Crippen LogP contribution is 2.30. The zero-order chi connectivity index (χ0) is 16.2. The van der Waals surface area contributed by atoms with Crippen LogP contribution >= 0.6 is 0 Å². The average molecular weight is 309 g/mol. The minimum atomic E-state index is -4.39. The fourth-order valence-corrected chi connectivity index (χ4v) is 1.79. The molecule has 116 valence electrons. The van der Waals surface area contributed by atoms with Gasteiger partial charge in [-0.25, -0.2) is 0 Å². The van der Waals surface area contributed by atoms with Gasteiger partial charge >= 0.3 is 6.18 Å². The lowest BCUT2D eigenvalue weighted by Crippen LogP contribution is -2.20. The highest BCUT2D eigenvalue weighted by molar-refractivity contribution is 5.92. The van der Waals surface area contributed by atoms with Gasteiger partial charge in [0.2, 0.25) is 0 Å². The molecule has 0 saturated carbocycles. The van der Waals surface area contributed by atoms with Crippen molar-refractivity contribution >= 4 is 11.6 Å². The van der Waals surface area contributed by atoms with Gasteiger partial charge in [-0.2, -0.15) is 13.2 Å². The Hall–Kier alpha value is -2.50. The number of halogens is 3. The lowest BCUT2D eigenvalue weighted by molar-refractivity contribution is -0.137. The van der Waals surface area contributed by atoms with E-state index in [0.717, 1.165) is 17.7 Å². The van der Waals surface area contributed by atoms with E-state index >= 15 is 0 Å². The molecular formula is C16H14F3NO2. The van der Waals surface area contributed by atoms with Crippen LogP contribution in [0.5, 0.6) is 5.75 Å². The first kappa shape index (κ1) is 15.9. The third-order valence-corrected chi connectivity index (χ3v) is 2.97. The van der Waals surface area contributed by atoms with E-state index in [0.29, 0.717) is 5.69 Å². The molecule has 0 aliphatic carbocycles. The minimum Gasteiger partial charge on any atom is -0.484 e. The summed E-state index contributed by atoms with van der Waals surface area (Å²) in [7, 11) is 0. The zero-order valence-electron chi connectivity index (χ0n) is 11.8. The summed E-state index contributed by atoms with van der Waals surface area (Å²) in [5.74, 6) is -0.179. The largest absolute Gasteiger partial charge is 0.484 e. The normalized spacial score (nSPS) is 11.1. The van der Waals surface area contributed by atoms with Crippen molar-refractivity contribution < 1.29 is 22.7 Å². The molecule has 0 unspecified atom stereocenters. The molecule has 1 amide bonds. The first-order valence-electron chi connectivity index (χ1n) is 6.52. The first-order valence-corrected chi connectivity index (χ1v) is 6.52.